The molecule has 10 heteroatoms. The minimum absolute atomic E-state index is 0.0419. The van der Waals surface area contributed by atoms with E-state index in [2.05, 4.69) is 5.32 Å². The summed E-state index contributed by atoms with van der Waals surface area (Å²) >= 11 is 11.7. The molecule has 2 amide bonds. The Bertz CT molecular complexity index is 1070. The van der Waals surface area contributed by atoms with Crippen LogP contribution in [0.3, 0.4) is 0 Å². The van der Waals surface area contributed by atoms with Crippen molar-refractivity contribution in [3.8, 4) is 5.75 Å². The van der Waals surface area contributed by atoms with E-state index in [9.17, 15) is 23.9 Å². The van der Waals surface area contributed by atoms with Crippen molar-refractivity contribution in [2.45, 2.75) is 32.9 Å². The van der Waals surface area contributed by atoms with Gasteiger partial charge in [0.05, 0.1) is 10.0 Å². The molecule has 1 aromatic heterocycles. The molecule has 0 saturated heterocycles. The Balaban J connectivity index is 1.83. The lowest BCUT2D eigenvalue weighted by Crippen LogP contribution is -2.43. The van der Waals surface area contributed by atoms with Gasteiger partial charge in [-0.15, -0.1) is 0 Å². The molecule has 2 aromatic rings. The molecule has 0 bridgehead atoms. The zero-order valence-corrected chi connectivity index (χ0v) is 17.7. The minimum Gasteiger partial charge on any atom is -0.503 e. The fraction of sp³-hybridized carbons (Fsp3) is 0.350. The standard InChI is InChI=1S/C20H20Cl2FN3O4/c1-2-3-6-25-7-8-26-10-12(17(27)18(28)16(26)20(25)30)19(29)24-9-11-4-5-13(23)15(22)14(11)21/h4-5,10,28H,2-3,6-9H2,1H3,(H,24,29). The maximum Gasteiger partial charge on any atom is 0.274 e. The molecule has 7 nitrogen and oxygen atoms in total. The first kappa shape index (κ1) is 22.1. The van der Waals surface area contributed by atoms with E-state index in [-0.39, 0.29) is 27.8 Å². The first-order chi connectivity index (χ1) is 14.3. The number of unbranched alkanes of at least 4 members (excludes halogenated alkanes) is 1. The summed E-state index contributed by atoms with van der Waals surface area (Å²) < 4.78 is 14.8. The van der Waals surface area contributed by atoms with Crippen LogP contribution >= 0.6 is 23.2 Å². The summed E-state index contributed by atoms with van der Waals surface area (Å²) in [7, 11) is 0. The molecule has 2 N–H and O–H groups in total. The van der Waals surface area contributed by atoms with E-state index in [4.69, 9.17) is 23.2 Å². The number of aromatic nitrogens is 1. The molecule has 3 rings (SSSR count). The molecule has 30 heavy (non-hydrogen) atoms. The van der Waals surface area contributed by atoms with Crippen molar-refractivity contribution >= 4 is 35.0 Å². The van der Waals surface area contributed by atoms with Gasteiger partial charge in [0.15, 0.2) is 11.4 Å². The van der Waals surface area contributed by atoms with Crippen molar-refractivity contribution in [2.75, 3.05) is 13.1 Å². The number of fused-ring (bicyclic) bond motifs is 1. The Hall–Kier alpha value is -2.58. The lowest BCUT2D eigenvalue weighted by atomic mass is 10.1. The third-order valence-electron chi connectivity index (χ3n) is 4.94. The number of benzene rings is 1. The van der Waals surface area contributed by atoms with Gasteiger partial charge in [-0.2, -0.15) is 0 Å². The quantitative estimate of drug-likeness (QED) is 0.654. The van der Waals surface area contributed by atoms with Crippen LogP contribution in [0.1, 0.15) is 46.2 Å². The Labute approximate surface area is 182 Å². The number of amides is 2. The lowest BCUT2D eigenvalue weighted by molar-refractivity contribution is 0.0693. The zero-order valence-electron chi connectivity index (χ0n) is 16.2. The van der Waals surface area contributed by atoms with Crippen LogP contribution in [0.2, 0.25) is 10.0 Å². The number of aromatic hydroxyl groups is 1. The number of rotatable bonds is 6. The Kier molecular flexibility index (Phi) is 6.67. The molecule has 0 spiro atoms. The van der Waals surface area contributed by atoms with Crippen LogP contribution in [-0.4, -0.2) is 39.5 Å². The van der Waals surface area contributed by atoms with Gasteiger partial charge in [0.25, 0.3) is 11.8 Å². The van der Waals surface area contributed by atoms with Gasteiger partial charge >= 0.3 is 0 Å². The van der Waals surface area contributed by atoms with Crippen LogP contribution < -0.4 is 10.7 Å². The Morgan fingerprint density at radius 3 is 2.67 bits per heavy atom. The summed E-state index contributed by atoms with van der Waals surface area (Å²) in [6, 6.07) is 2.48. The second kappa shape index (κ2) is 9.06. The second-order valence-corrected chi connectivity index (χ2v) is 7.68. The van der Waals surface area contributed by atoms with Crippen LogP contribution in [0.15, 0.2) is 23.1 Å². The van der Waals surface area contributed by atoms with Gasteiger partial charge in [-0.3, -0.25) is 14.4 Å². The molecule has 0 saturated carbocycles. The van der Waals surface area contributed by atoms with Crippen molar-refractivity contribution in [3.63, 3.8) is 0 Å². The Morgan fingerprint density at radius 2 is 1.97 bits per heavy atom. The van der Waals surface area contributed by atoms with E-state index in [0.717, 1.165) is 18.9 Å². The smallest absolute Gasteiger partial charge is 0.274 e. The van der Waals surface area contributed by atoms with Crippen molar-refractivity contribution in [2.24, 2.45) is 0 Å². The first-order valence-corrected chi connectivity index (χ1v) is 10.2. The monoisotopic (exact) mass is 455 g/mol. The molecule has 1 aliphatic heterocycles. The topological polar surface area (TPSA) is 91.6 Å². The number of hydrogen-bond acceptors (Lipinski definition) is 4. The fourth-order valence-electron chi connectivity index (χ4n) is 3.23. The summed E-state index contributed by atoms with van der Waals surface area (Å²) in [5.74, 6) is -2.64. The normalized spacial score (nSPS) is 13.3. The Morgan fingerprint density at radius 1 is 1.23 bits per heavy atom. The molecule has 0 aliphatic carbocycles. The molecule has 0 unspecified atom stereocenters. The van der Waals surface area contributed by atoms with E-state index < -0.39 is 28.8 Å². The average Bonchev–Trinajstić information content (AvgIpc) is 2.73. The molecule has 160 valence electrons. The number of hydrogen-bond donors (Lipinski definition) is 2. The molecular weight excluding hydrogens is 436 g/mol. The van der Waals surface area contributed by atoms with Crippen LogP contribution in [-0.2, 0) is 13.1 Å². The largest absolute Gasteiger partial charge is 0.503 e. The van der Waals surface area contributed by atoms with Gasteiger partial charge in [0.1, 0.15) is 11.4 Å². The van der Waals surface area contributed by atoms with E-state index in [1.165, 1.54) is 16.8 Å². The lowest BCUT2D eigenvalue weighted by Gasteiger charge is -2.30. The minimum atomic E-state index is -0.937. The van der Waals surface area contributed by atoms with Crippen molar-refractivity contribution in [1.82, 2.24) is 14.8 Å². The predicted molar refractivity (Wildman–Crippen MR) is 111 cm³/mol. The highest BCUT2D eigenvalue weighted by molar-refractivity contribution is 6.42. The van der Waals surface area contributed by atoms with Gasteiger partial charge in [-0.05, 0) is 18.1 Å². The summed E-state index contributed by atoms with van der Waals surface area (Å²) in [4.78, 5) is 39.3. The molecule has 1 aromatic carbocycles. The molecule has 2 heterocycles. The van der Waals surface area contributed by atoms with Crippen LogP contribution in [0.25, 0.3) is 0 Å². The average molecular weight is 456 g/mol. The maximum atomic E-state index is 13.4. The van der Waals surface area contributed by atoms with E-state index in [1.807, 2.05) is 6.92 Å². The summed E-state index contributed by atoms with van der Waals surface area (Å²) in [5.41, 5.74) is -1.00. The second-order valence-electron chi connectivity index (χ2n) is 6.93. The SMILES string of the molecule is CCCCN1CCn2cc(C(=O)NCc3ccc(F)c(Cl)c3Cl)c(=O)c(O)c2C1=O. The van der Waals surface area contributed by atoms with Gasteiger partial charge in [0, 0.05) is 32.4 Å². The van der Waals surface area contributed by atoms with Crippen molar-refractivity contribution in [1.29, 1.82) is 0 Å². The number of nitrogens with zero attached hydrogens (tertiary/aromatic N) is 2. The zero-order chi connectivity index (χ0) is 22.0. The number of halogens is 3. The van der Waals surface area contributed by atoms with Crippen LogP contribution in [0.5, 0.6) is 5.75 Å². The van der Waals surface area contributed by atoms with Gasteiger partial charge in [-0.1, -0.05) is 42.6 Å². The molecular formula is C20H20Cl2FN3O4. The summed E-state index contributed by atoms with van der Waals surface area (Å²) in [6.45, 7) is 3.19. The van der Waals surface area contributed by atoms with Crippen molar-refractivity contribution < 1.29 is 19.1 Å². The highest BCUT2D eigenvalue weighted by Crippen LogP contribution is 2.28. The van der Waals surface area contributed by atoms with E-state index in [0.29, 0.717) is 25.2 Å². The number of pyridine rings is 1. The van der Waals surface area contributed by atoms with Crippen molar-refractivity contribution in [3.05, 3.63) is 61.2 Å². The maximum absolute atomic E-state index is 13.4. The highest BCUT2D eigenvalue weighted by atomic mass is 35.5. The highest BCUT2D eigenvalue weighted by Gasteiger charge is 2.30. The first-order valence-electron chi connectivity index (χ1n) is 9.42. The van der Waals surface area contributed by atoms with Gasteiger partial charge in [-0.25, -0.2) is 4.39 Å². The number of carbonyl (C=O) groups is 2. The number of nitrogens with one attached hydrogen (secondary N) is 1. The number of carbonyl (C=O) groups excluding carboxylic acids is 2. The van der Waals surface area contributed by atoms with Gasteiger partial charge in [0.2, 0.25) is 5.43 Å². The van der Waals surface area contributed by atoms with Gasteiger partial charge < -0.3 is 19.9 Å². The van der Waals surface area contributed by atoms with Crippen LogP contribution in [0.4, 0.5) is 4.39 Å². The third kappa shape index (κ3) is 4.15. The van der Waals surface area contributed by atoms with Crippen LogP contribution in [0, 0.1) is 5.82 Å². The molecule has 1 aliphatic rings. The summed E-state index contributed by atoms with van der Waals surface area (Å²) in [5, 5.41) is 12.5. The fourth-order valence-corrected chi connectivity index (χ4v) is 3.63. The third-order valence-corrected chi connectivity index (χ3v) is 5.84. The molecule has 0 fully saturated rings. The molecule has 0 atom stereocenters. The summed E-state index contributed by atoms with van der Waals surface area (Å²) in [6.07, 6.45) is 2.99. The van der Waals surface area contributed by atoms with E-state index in [1.54, 1.807) is 4.90 Å². The predicted octanol–water partition coefficient (Wildman–Crippen LogP) is 3.19. The van der Waals surface area contributed by atoms with E-state index >= 15 is 0 Å². The molecule has 0 radical (unpaired) electrons.